The first-order valence-corrected chi connectivity index (χ1v) is 6.66. The van der Waals surface area contributed by atoms with Crippen molar-refractivity contribution >= 4 is 11.8 Å². The third-order valence-electron chi connectivity index (χ3n) is 2.11. The van der Waals surface area contributed by atoms with Crippen LogP contribution in [-0.4, -0.2) is 11.8 Å². The van der Waals surface area contributed by atoms with E-state index in [0.29, 0.717) is 6.04 Å². The van der Waals surface area contributed by atoms with Crippen molar-refractivity contribution in [2.45, 2.75) is 44.7 Å². The Balaban J connectivity index is 2.41. The van der Waals surface area contributed by atoms with Gasteiger partial charge in [0.25, 0.3) is 0 Å². The molecule has 0 fully saturated rings. The third-order valence-corrected chi connectivity index (χ3v) is 3.33. The van der Waals surface area contributed by atoms with E-state index in [4.69, 9.17) is 0 Å². The molecule has 15 heavy (non-hydrogen) atoms. The first kappa shape index (κ1) is 12.6. The van der Waals surface area contributed by atoms with Gasteiger partial charge in [-0.2, -0.15) is 0 Å². The molecule has 0 atom stereocenters. The summed E-state index contributed by atoms with van der Waals surface area (Å²) in [5, 5.41) is 3.42. The van der Waals surface area contributed by atoms with E-state index in [1.54, 1.807) is 0 Å². The quantitative estimate of drug-likeness (QED) is 0.738. The molecule has 1 rings (SSSR count). The van der Waals surface area contributed by atoms with E-state index < -0.39 is 0 Å². The van der Waals surface area contributed by atoms with Crippen molar-refractivity contribution in [1.29, 1.82) is 0 Å². The second kappa shape index (κ2) is 6.91. The summed E-state index contributed by atoms with van der Waals surface area (Å²) < 4.78 is 0. The summed E-state index contributed by atoms with van der Waals surface area (Å²) >= 11 is 1.93. The largest absolute Gasteiger partial charge is 0.310 e. The standard InChI is InChI=1S/C13H21NS/c1-4-9-15-13-7-5-12(6-8-13)10-14-11(2)3/h5-8,11,14H,4,9-10H2,1-3H3. The average molecular weight is 223 g/mol. The van der Waals surface area contributed by atoms with E-state index in [-0.39, 0.29) is 0 Å². The molecule has 0 spiro atoms. The Labute approximate surface area is 97.7 Å². The zero-order valence-electron chi connectivity index (χ0n) is 9.92. The van der Waals surface area contributed by atoms with E-state index in [1.807, 2.05) is 11.8 Å². The zero-order chi connectivity index (χ0) is 11.1. The van der Waals surface area contributed by atoms with Crippen molar-refractivity contribution in [3.63, 3.8) is 0 Å². The number of rotatable bonds is 6. The summed E-state index contributed by atoms with van der Waals surface area (Å²) in [6, 6.07) is 9.43. The first-order chi connectivity index (χ1) is 7.22. The Hall–Kier alpha value is -0.470. The van der Waals surface area contributed by atoms with Gasteiger partial charge in [-0.3, -0.25) is 0 Å². The summed E-state index contributed by atoms with van der Waals surface area (Å²) in [6.45, 7) is 7.53. The van der Waals surface area contributed by atoms with Gasteiger partial charge in [0.15, 0.2) is 0 Å². The molecule has 0 aliphatic rings. The molecular formula is C13H21NS. The molecule has 1 nitrogen and oxygen atoms in total. The lowest BCUT2D eigenvalue weighted by atomic mass is 10.2. The van der Waals surface area contributed by atoms with E-state index in [9.17, 15) is 0 Å². The van der Waals surface area contributed by atoms with Crippen LogP contribution in [0.15, 0.2) is 29.2 Å². The number of benzene rings is 1. The SMILES string of the molecule is CCCSc1ccc(CNC(C)C)cc1. The number of hydrogen-bond donors (Lipinski definition) is 1. The molecule has 1 N–H and O–H groups in total. The van der Waals surface area contributed by atoms with Crippen LogP contribution < -0.4 is 5.32 Å². The molecule has 0 saturated carbocycles. The molecule has 0 unspecified atom stereocenters. The van der Waals surface area contributed by atoms with Crippen molar-refractivity contribution in [2.75, 3.05) is 5.75 Å². The van der Waals surface area contributed by atoms with Gasteiger partial charge < -0.3 is 5.32 Å². The van der Waals surface area contributed by atoms with Crippen molar-refractivity contribution in [3.05, 3.63) is 29.8 Å². The zero-order valence-corrected chi connectivity index (χ0v) is 10.7. The van der Waals surface area contributed by atoms with E-state index >= 15 is 0 Å². The summed E-state index contributed by atoms with van der Waals surface area (Å²) in [7, 11) is 0. The molecule has 1 aromatic carbocycles. The van der Waals surface area contributed by atoms with E-state index in [0.717, 1.165) is 6.54 Å². The van der Waals surface area contributed by atoms with Crippen LogP contribution in [0.5, 0.6) is 0 Å². The molecule has 0 radical (unpaired) electrons. The predicted molar refractivity (Wildman–Crippen MR) is 69.4 cm³/mol. The van der Waals surface area contributed by atoms with Crippen molar-refractivity contribution in [2.24, 2.45) is 0 Å². The van der Waals surface area contributed by atoms with Gasteiger partial charge in [-0.15, -0.1) is 11.8 Å². The lowest BCUT2D eigenvalue weighted by Gasteiger charge is -2.08. The maximum Gasteiger partial charge on any atom is 0.0207 e. The second-order valence-corrected chi connectivity index (χ2v) is 5.20. The highest BCUT2D eigenvalue weighted by atomic mass is 32.2. The van der Waals surface area contributed by atoms with Crippen molar-refractivity contribution < 1.29 is 0 Å². The van der Waals surface area contributed by atoms with Gasteiger partial charge in [0.2, 0.25) is 0 Å². The van der Waals surface area contributed by atoms with Crippen LogP contribution in [0.1, 0.15) is 32.8 Å². The topological polar surface area (TPSA) is 12.0 Å². The predicted octanol–water partition coefficient (Wildman–Crippen LogP) is 3.69. The van der Waals surface area contributed by atoms with Gasteiger partial charge in [0, 0.05) is 17.5 Å². The van der Waals surface area contributed by atoms with Crippen LogP contribution in [-0.2, 0) is 6.54 Å². The maximum absolute atomic E-state index is 3.42. The third kappa shape index (κ3) is 5.24. The number of thioether (sulfide) groups is 1. The Morgan fingerprint density at radius 2 is 1.87 bits per heavy atom. The minimum absolute atomic E-state index is 0.555. The van der Waals surface area contributed by atoms with Gasteiger partial charge in [-0.25, -0.2) is 0 Å². The Morgan fingerprint density at radius 3 is 2.40 bits per heavy atom. The molecule has 0 aliphatic carbocycles. The van der Waals surface area contributed by atoms with Crippen molar-refractivity contribution in [3.8, 4) is 0 Å². The summed E-state index contributed by atoms with van der Waals surface area (Å²) in [4.78, 5) is 1.38. The number of hydrogen-bond acceptors (Lipinski definition) is 2. The molecule has 84 valence electrons. The van der Waals surface area contributed by atoms with Gasteiger partial charge in [-0.05, 0) is 29.9 Å². The fourth-order valence-electron chi connectivity index (χ4n) is 1.25. The highest BCUT2D eigenvalue weighted by molar-refractivity contribution is 7.99. The average Bonchev–Trinajstić information content (AvgIpc) is 2.25. The van der Waals surface area contributed by atoms with Gasteiger partial charge in [0.1, 0.15) is 0 Å². The summed E-state index contributed by atoms with van der Waals surface area (Å²) in [5.74, 6) is 1.21. The fraction of sp³-hybridized carbons (Fsp3) is 0.538. The van der Waals surface area contributed by atoms with E-state index in [1.165, 1.54) is 22.6 Å². The Kier molecular flexibility index (Phi) is 5.81. The van der Waals surface area contributed by atoms with Crippen LogP contribution in [0.3, 0.4) is 0 Å². The summed E-state index contributed by atoms with van der Waals surface area (Å²) in [6.07, 6.45) is 1.24. The van der Waals surface area contributed by atoms with Crippen LogP contribution >= 0.6 is 11.8 Å². The molecule has 0 amide bonds. The minimum atomic E-state index is 0.555. The Morgan fingerprint density at radius 1 is 1.20 bits per heavy atom. The van der Waals surface area contributed by atoms with Crippen molar-refractivity contribution in [1.82, 2.24) is 5.32 Å². The number of nitrogens with one attached hydrogen (secondary N) is 1. The Bertz CT molecular complexity index is 266. The molecule has 0 aliphatic heterocycles. The van der Waals surface area contributed by atoms with Gasteiger partial charge in [-0.1, -0.05) is 32.9 Å². The molecule has 2 heteroatoms. The lowest BCUT2D eigenvalue weighted by Crippen LogP contribution is -2.21. The summed E-state index contributed by atoms with van der Waals surface area (Å²) in [5.41, 5.74) is 1.37. The maximum atomic E-state index is 3.42. The smallest absolute Gasteiger partial charge is 0.0207 e. The van der Waals surface area contributed by atoms with Gasteiger partial charge in [0.05, 0.1) is 0 Å². The fourth-order valence-corrected chi connectivity index (χ4v) is 2.01. The molecule has 0 heterocycles. The highest BCUT2D eigenvalue weighted by Gasteiger charge is 1.96. The van der Waals surface area contributed by atoms with Crippen LogP contribution in [0, 0.1) is 0 Å². The normalized spacial score (nSPS) is 10.9. The minimum Gasteiger partial charge on any atom is -0.310 e. The molecule has 1 aromatic rings. The van der Waals surface area contributed by atoms with Crippen LogP contribution in [0.4, 0.5) is 0 Å². The molecule has 0 saturated heterocycles. The molecule has 0 bridgehead atoms. The van der Waals surface area contributed by atoms with Gasteiger partial charge >= 0.3 is 0 Å². The monoisotopic (exact) mass is 223 g/mol. The van der Waals surface area contributed by atoms with E-state index in [2.05, 4.69) is 50.4 Å². The molecular weight excluding hydrogens is 202 g/mol. The first-order valence-electron chi connectivity index (χ1n) is 5.67. The highest BCUT2D eigenvalue weighted by Crippen LogP contribution is 2.18. The van der Waals surface area contributed by atoms with Crippen LogP contribution in [0.2, 0.25) is 0 Å². The second-order valence-electron chi connectivity index (χ2n) is 4.03. The van der Waals surface area contributed by atoms with Crippen LogP contribution in [0.25, 0.3) is 0 Å². The molecule has 0 aromatic heterocycles. The lowest BCUT2D eigenvalue weighted by molar-refractivity contribution is 0.588.